The van der Waals surface area contributed by atoms with Crippen molar-refractivity contribution in [3.63, 3.8) is 0 Å². The van der Waals surface area contributed by atoms with Gasteiger partial charge in [-0.05, 0) is 110 Å². The Morgan fingerprint density at radius 3 is 1.56 bits per heavy atom. The van der Waals surface area contributed by atoms with Crippen LogP contribution in [0.4, 0.5) is 17.1 Å². The van der Waals surface area contributed by atoms with Crippen LogP contribution in [-0.4, -0.2) is 4.57 Å². The molecule has 0 saturated carbocycles. The Morgan fingerprint density at radius 1 is 0.266 bits per heavy atom. The van der Waals surface area contributed by atoms with Crippen LogP contribution in [0.15, 0.2) is 255 Å². The summed E-state index contributed by atoms with van der Waals surface area (Å²) in [7, 11) is 0. The third kappa shape index (κ3) is 6.44. The lowest BCUT2D eigenvalue weighted by Gasteiger charge is -2.29. The maximum atomic E-state index is 2.43. The number of anilines is 3. The summed E-state index contributed by atoms with van der Waals surface area (Å²) in [4.78, 5) is 2.43. The van der Waals surface area contributed by atoms with Gasteiger partial charge in [0.25, 0.3) is 0 Å². The molecule has 0 aliphatic heterocycles. The van der Waals surface area contributed by atoms with Crippen molar-refractivity contribution in [2.24, 2.45) is 0 Å². The van der Waals surface area contributed by atoms with Gasteiger partial charge < -0.3 is 9.47 Å². The Balaban J connectivity index is 1.03. The summed E-state index contributed by atoms with van der Waals surface area (Å²) >= 11 is 0. The van der Waals surface area contributed by atoms with Gasteiger partial charge in [-0.2, -0.15) is 0 Å². The van der Waals surface area contributed by atoms with Gasteiger partial charge in [-0.15, -0.1) is 0 Å². The topological polar surface area (TPSA) is 8.17 Å². The van der Waals surface area contributed by atoms with Crippen LogP contribution in [0.25, 0.3) is 93.5 Å². The Kier molecular flexibility index (Phi) is 9.20. The van der Waals surface area contributed by atoms with Crippen molar-refractivity contribution in [3.8, 4) is 50.2 Å². The largest absolute Gasteiger partial charge is 0.310 e. The van der Waals surface area contributed by atoms with Gasteiger partial charge in [0.15, 0.2) is 0 Å². The van der Waals surface area contributed by atoms with Gasteiger partial charge >= 0.3 is 0 Å². The molecule has 12 aromatic rings. The first-order valence-electron chi connectivity index (χ1n) is 22.0. The maximum Gasteiger partial charge on any atom is 0.0541 e. The third-order valence-corrected chi connectivity index (χ3v) is 12.8. The van der Waals surface area contributed by atoms with Gasteiger partial charge in [-0.1, -0.05) is 200 Å². The van der Waals surface area contributed by atoms with Crippen molar-refractivity contribution >= 4 is 60.4 Å². The molecule has 64 heavy (non-hydrogen) atoms. The molecule has 300 valence electrons. The molecule has 0 unspecified atom stereocenters. The lowest BCUT2D eigenvalue weighted by atomic mass is 9.91. The lowest BCUT2D eigenvalue weighted by Crippen LogP contribution is -2.11. The number of fused-ring (bicyclic) bond motifs is 5. The van der Waals surface area contributed by atoms with Gasteiger partial charge in [0.05, 0.1) is 22.4 Å². The molecule has 2 heteroatoms. The smallest absolute Gasteiger partial charge is 0.0541 e. The van der Waals surface area contributed by atoms with E-state index in [1.54, 1.807) is 0 Å². The molecule has 0 N–H and O–H groups in total. The molecule has 12 rings (SSSR count). The van der Waals surface area contributed by atoms with Crippen LogP contribution in [0.5, 0.6) is 0 Å². The van der Waals surface area contributed by atoms with Gasteiger partial charge in [-0.25, -0.2) is 0 Å². The first-order chi connectivity index (χ1) is 31.8. The highest BCUT2D eigenvalue weighted by Gasteiger charge is 2.21. The molecular weight excluding hydrogens is 773 g/mol. The van der Waals surface area contributed by atoms with E-state index in [2.05, 4.69) is 264 Å². The summed E-state index contributed by atoms with van der Waals surface area (Å²) < 4.78 is 2.43. The van der Waals surface area contributed by atoms with Crippen molar-refractivity contribution in [2.45, 2.75) is 0 Å². The summed E-state index contributed by atoms with van der Waals surface area (Å²) in [6.07, 6.45) is 0. The molecule has 0 aliphatic rings. The maximum absolute atomic E-state index is 2.43. The highest BCUT2D eigenvalue weighted by Crippen LogP contribution is 2.46. The van der Waals surface area contributed by atoms with Crippen LogP contribution < -0.4 is 4.90 Å². The Labute approximate surface area is 373 Å². The SMILES string of the molecule is c1ccc(-c2cc(-c3ccccc3-n3c4ccccc4c4ccccc43)ccc2N(c2ccc(-c3ccccc3-c3cccc4ccccc34)cc2)c2ccc3ccccc3c2)cc1. The average molecular weight is 815 g/mol. The molecule has 0 radical (unpaired) electrons. The number of hydrogen-bond donors (Lipinski definition) is 0. The minimum atomic E-state index is 1.08. The molecule has 2 nitrogen and oxygen atoms in total. The molecule has 0 spiro atoms. The fourth-order valence-electron chi connectivity index (χ4n) is 9.81. The molecule has 0 bridgehead atoms. The summed E-state index contributed by atoms with van der Waals surface area (Å²) in [6, 6.07) is 92.8. The molecule has 0 amide bonds. The van der Waals surface area contributed by atoms with E-state index in [1.165, 1.54) is 71.2 Å². The molecule has 0 atom stereocenters. The average Bonchev–Trinajstić information content (AvgIpc) is 3.71. The zero-order valence-corrected chi connectivity index (χ0v) is 35.1. The molecule has 0 saturated heterocycles. The lowest BCUT2D eigenvalue weighted by molar-refractivity contribution is 1.18. The Morgan fingerprint density at radius 2 is 0.797 bits per heavy atom. The normalized spacial score (nSPS) is 11.4. The van der Waals surface area contributed by atoms with Gasteiger partial charge in [0, 0.05) is 33.3 Å². The van der Waals surface area contributed by atoms with Gasteiger partial charge in [-0.3, -0.25) is 0 Å². The van der Waals surface area contributed by atoms with Crippen molar-refractivity contribution in [3.05, 3.63) is 255 Å². The fourth-order valence-corrected chi connectivity index (χ4v) is 9.81. The van der Waals surface area contributed by atoms with Crippen molar-refractivity contribution in [1.82, 2.24) is 4.57 Å². The second-order valence-electron chi connectivity index (χ2n) is 16.5. The number of aromatic nitrogens is 1. The Bertz CT molecular complexity index is 3610. The van der Waals surface area contributed by atoms with Crippen molar-refractivity contribution in [2.75, 3.05) is 4.90 Å². The van der Waals surface area contributed by atoms with Crippen LogP contribution in [0.2, 0.25) is 0 Å². The van der Waals surface area contributed by atoms with Crippen molar-refractivity contribution in [1.29, 1.82) is 0 Å². The first kappa shape index (κ1) is 37.3. The second kappa shape index (κ2) is 15.8. The van der Waals surface area contributed by atoms with E-state index in [0.717, 1.165) is 39.4 Å². The second-order valence-corrected chi connectivity index (χ2v) is 16.5. The van der Waals surface area contributed by atoms with E-state index in [4.69, 9.17) is 0 Å². The first-order valence-corrected chi connectivity index (χ1v) is 22.0. The molecular formula is C62H42N2. The minimum absolute atomic E-state index is 1.08. The van der Waals surface area contributed by atoms with E-state index in [9.17, 15) is 0 Å². The number of para-hydroxylation sites is 3. The van der Waals surface area contributed by atoms with E-state index >= 15 is 0 Å². The molecule has 0 fully saturated rings. The fraction of sp³-hybridized carbons (Fsp3) is 0. The summed E-state index contributed by atoms with van der Waals surface area (Å²) in [5, 5.41) is 7.41. The van der Waals surface area contributed by atoms with E-state index < -0.39 is 0 Å². The van der Waals surface area contributed by atoms with Crippen LogP contribution in [-0.2, 0) is 0 Å². The van der Waals surface area contributed by atoms with Gasteiger partial charge in [0.2, 0.25) is 0 Å². The number of benzene rings is 11. The Hall–Kier alpha value is -8.46. The summed E-state index contributed by atoms with van der Waals surface area (Å²) in [6.45, 7) is 0. The van der Waals surface area contributed by atoms with E-state index in [1.807, 2.05) is 0 Å². The highest BCUT2D eigenvalue weighted by atomic mass is 15.1. The highest BCUT2D eigenvalue weighted by molar-refractivity contribution is 6.10. The zero-order valence-electron chi connectivity index (χ0n) is 35.1. The number of nitrogens with zero attached hydrogens (tertiary/aromatic N) is 2. The van der Waals surface area contributed by atoms with E-state index in [-0.39, 0.29) is 0 Å². The van der Waals surface area contributed by atoms with Gasteiger partial charge in [0.1, 0.15) is 0 Å². The number of rotatable bonds is 8. The molecule has 1 aromatic heterocycles. The third-order valence-electron chi connectivity index (χ3n) is 12.8. The van der Waals surface area contributed by atoms with E-state index in [0.29, 0.717) is 0 Å². The van der Waals surface area contributed by atoms with Crippen LogP contribution in [0.1, 0.15) is 0 Å². The zero-order chi connectivity index (χ0) is 42.4. The quantitative estimate of drug-likeness (QED) is 0.148. The van der Waals surface area contributed by atoms with Crippen LogP contribution in [0, 0.1) is 0 Å². The molecule has 11 aromatic carbocycles. The predicted octanol–water partition coefficient (Wildman–Crippen LogP) is 17.2. The molecule has 1 heterocycles. The predicted molar refractivity (Wildman–Crippen MR) is 272 cm³/mol. The molecule has 0 aliphatic carbocycles. The number of hydrogen-bond acceptors (Lipinski definition) is 1. The monoisotopic (exact) mass is 814 g/mol. The summed E-state index contributed by atoms with van der Waals surface area (Å²) in [5.41, 5.74) is 16.3. The van der Waals surface area contributed by atoms with Crippen LogP contribution >= 0.6 is 0 Å². The standard InChI is InChI=1S/C62H42N2/c1-2-18-45(19-3-1)58-42-48(53-25-10-13-30-59(53)64-60-31-14-11-27-56(60)57-28-12-15-32-61(57)64)36-40-62(58)63(50-39-33-43-17-4-5-21-47(43)41-50)49-37-34-46(35-38-49)52-24-8-9-26-54(52)55-29-16-22-44-20-6-7-23-51(44)55/h1-42H. The summed E-state index contributed by atoms with van der Waals surface area (Å²) in [5.74, 6) is 0. The minimum Gasteiger partial charge on any atom is -0.310 e. The van der Waals surface area contributed by atoms with Crippen LogP contribution in [0.3, 0.4) is 0 Å². The van der Waals surface area contributed by atoms with Crippen molar-refractivity contribution < 1.29 is 0 Å².